The maximum absolute atomic E-state index is 12.8. The molecule has 0 radical (unpaired) electrons. The number of carbonyl (C=O) groups is 1. The lowest BCUT2D eigenvalue weighted by molar-refractivity contribution is 0.0730. The summed E-state index contributed by atoms with van der Waals surface area (Å²) in [5, 5.41) is 2.74. The number of methoxy groups -OCH3 is 2. The van der Waals surface area contributed by atoms with Crippen LogP contribution < -0.4 is 14.8 Å². The standard InChI is InChI=1S/C19H22N2O6S/c1-25-15-6-7-17(18(13-15)26-2)20-19(22)14-4-3-5-16(12-14)28(23,24)21-8-10-27-11-9-21/h3-7,12-13H,8-11H2,1-2H3,(H,20,22). The molecule has 150 valence electrons. The van der Waals surface area contributed by atoms with Crippen LogP contribution in [0.5, 0.6) is 11.5 Å². The number of amides is 1. The molecule has 1 amide bonds. The van der Waals surface area contributed by atoms with Crippen LogP contribution in [0.4, 0.5) is 5.69 Å². The first-order valence-electron chi connectivity index (χ1n) is 8.67. The molecule has 2 aromatic rings. The van der Waals surface area contributed by atoms with E-state index in [1.807, 2.05) is 0 Å². The maximum atomic E-state index is 12.8. The highest BCUT2D eigenvalue weighted by Gasteiger charge is 2.27. The van der Waals surface area contributed by atoms with Crippen molar-refractivity contribution in [1.82, 2.24) is 4.31 Å². The van der Waals surface area contributed by atoms with Crippen molar-refractivity contribution >= 4 is 21.6 Å². The number of morpholine rings is 1. The van der Waals surface area contributed by atoms with E-state index >= 15 is 0 Å². The van der Waals surface area contributed by atoms with Crippen molar-refractivity contribution in [2.45, 2.75) is 4.90 Å². The molecule has 3 rings (SSSR count). The molecule has 0 bridgehead atoms. The topological polar surface area (TPSA) is 94.2 Å². The number of hydrogen-bond acceptors (Lipinski definition) is 6. The fourth-order valence-corrected chi connectivity index (χ4v) is 4.28. The molecular weight excluding hydrogens is 384 g/mol. The van der Waals surface area contributed by atoms with Gasteiger partial charge in [-0.15, -0.1) is 0 Å². The monoisotopic (exact) mass is 406 g/mol. The van der Waals surface area contributed by atoms with Crippen LogP contribution in [0.3, 0.4) is 0 Å². The number of hydrogen-bond donors (Lipinski definition) is 1. The summed E-state index contributed by atoms with van der Waals surface area (Å²) in [5.41, 5.74) is 0.682. The summed E-state index contributed by atoms with van der Waals surface area (Å²) >= 11 is 0. The van der Waals surface area contributed by atoms with Gasteiger partial charge in [0.15, 0.2) is 0 Å². The van der Waals surface area contributed by atoms with Crippen LogP contribution in [-0.2, 0) is 14.8 Å². The van der Waals surface area contributed by atoms with E-state index in [1.54, 1.807) is 30.3 Å². The van der Waals surface area contributed by atoms with E-state index in [2.05, 4.69) is 5.32 Å². The zero-order chi connectivity index (χ0) is 20.1. The van der Waals surface area contributed by atoms with Crippen LogP contribution in [0, 0.1) is 0 Å². The number of ether oxygens (including phenoxy) is 3. The number of benzene rings is 2. The second-order valence-electron chi connectivity index (χ2n) is 6.06. The number of sulfonamides is 1. The molecule has 8 nitrogen and oxygen atoms in total. The Hall–Kier alpha value is -2.62. The molecular formula is C19H22N2O6S. The SMILES string of the molecule is COc1ccc(NC(=O)c2cccc(S(=O)(=O)N3CCOCC3)c2)c(OC)c1. The van der Waals surface area contributed by atoms with Gasteiger partial charge < -0.3 is 19.5 Å². The van der Waals surface area contributed by atoms with Crippen LogP contribution in [0.15, 0.2) is 47.4 Å². The summed E-state index contributed by atoms with van der Waals surface area (Å²) in [7, 11) is -0.659. The van der Waals surface area contributed by atoms with Gasteiger partial charge >= 0.3 is 0 Å². The zero-order valence-corrected chi connectivity index (χ0v) is 16.5. The van der Waals surface area contributed by atoms with Gasteiger partial charge in [-0.05, 0) is 30.3 Å². The van der Waals surface area contributed by atoms with E-state index in [1.165, 1.54) is 30.7 Å². The minimum Gasteiger partial charge on any atom is -0.497 e. The smallest absolute Gasteiger partial charge is 0.255 e. The summed E-state index contributed by atoms with van der Waals surface area (Å²) in [5.74, 6) is 0.584. The van der Waals surface area contributed by atoms with Crippen molar-refractivity contribution in [3.05, 3.63) is 48.0 Å². The number of carbonyl (C=O) groups excluding carboxylic acids is 1. The first kappa shape index (κ1) is 20.1. The quantitative estimate of drug-likeness (QED) is 0.788. The lowest BCUT2D eigenvalue weighted by Crippen LogP contribution is -2.40. The van der Waals surface area contributed by atoms with Crippen molar-refractivity contribution in [2.24, 2.45) is 0 Å². The number of rotatable bonds is 6. The fourth-order valence-electron chi connectivity index (χ4n) is 2.83. The average molecular weight is 406 g/mol. The van der Waals surface area contributed by atoms with Gasteiger partial charge in [-0.3, -0.25) is 4.79 Å². The highest BCUT2D eigenvalue weighted by molar-refractivity contribution is 7.89. The van der Waals surface area contributed by atoms with Crippen molar-refractivity contribution in [3.8, 4) is 11.5 Å². The minimum atomic E-state index is -3.68. The molecule has 0 unspecified atom stereocenters. The molecule has 28 heavy (non-hydrogen) atoms. The van der Waals surface area contributed by atoms with Gasteiger partial charge in [0, 0.05) is 24.7 Å². The van der Waals surface area contributed by atoms with Gasteiger partial charge in [0.1, 0.15) is 11.5 Å². The van der Waals surface area contributed by atoms with E-state index < -0.39 is 15.9 Å². The Kier molecular flexibility index (Phi) is 6.18. The van der Waals surface area contributed by atoms with E-state index in [4.69, 9.17) is 14.2 Å². The Labute approximate surface area is 164 Å². The molecule has 0 aliphatic carbocycles. The fraction of sp³-hybridized carbons (Fsp3) is 0.316. The second-order valence-corrected chi connectivity index (χ2v) is 8.00. The predicted octanol–water partition coefficient (Wildman–Crippen LogP) is 1.98. The second kappa shape index (κ2) is 8.59. The van der Waals surface area contributed by atoms with E-state index in [9.17, 15) is 13.2 Å². The molecule has 2 aromatic carbocycles. The van der Waals surface area contributed by atoms with Gasteiger partial charge in [-0.25, -0.2) is 8.42 Å². The molecule has 1 aliphatic heterocycles. The first-order valence-corrected chi connectivity index (χ1v) is 10.1. The summed E-state index contributed by atoms with van der Waals surface area (Å²) in [6.45, 7) is 1.30. The third-order valence-corrected chi connectivity index (χ3v) is 6.26. The predicted molar refractivity (Wildman–Crippen MR) is 104 cm³/mol. The van der Waals surface area contributed by atoms with Crippen molar-refractivity contribution in [3.63, 3.8) is 0 Å². The summed E-state index contributed by atoms with van der Waals surface area (Å²) in [4.78, 5) is 12.7. The first-order chi connectivity index (χ1) is 13.5. The third kappa shape index (κ3) is 4.27. The zero-order valence-electron chi connectivity index (χ0n) is 15.7. The molecule has 1 N–H and O–H groups in total. The molecule has 0 aromatic heterocycles. The van der Waals surface area contributed by atoms with Crippen LogP contribution in [0.1, 0.15) is 10.4 Å². The highest BCUT2D eigenvalue weighted by atomic mass is 32.2. The van der Waals surface area contributed by atoms with Gasteiger partial charge in [0.2, 0.25) is 10.0 Å². The molecule has 1 aliphatic rings. The largest absolute Gasteiger partial charge is 0.497 e. The number of nitrogens with one attached hydrogen (secondary N) is 1. The molecule has 0 atom stereocenters. The van der Waals surface area contributed by atoms with Gasteiger partial charge in [-0.2, -0.15) is 4.31 Å². The van der Waals surface area contributed by atoms with E-state index in [-0.39, 0.29) is 10.5 Å². The van der Waals surface area contributed by atoms with Crippen LogP contribution >= 0.6 is 0 Å². The Morgan fingerprint density at radius 1 is 1.07 bits per heavy atom. The van der Waals surface area contributed by atoms with Gasteiger partial charge in [0.05, 0.1) is 38.0 Å². The maximum Gasteiger partial charge on any atom is 0.255 e. The van der Waals surface area contributed by atoms with Crippen LogP contribution in [0.2, 0.25) is 0 Å². The normalized spacial score (nSPS) is 15.1. The number of anilines is 1. The van der Waals surface area contributed by atoms with E-state index in [0.29, 0.717) is 43.5 Å². The van der Waals surface area contributed by atoms with Crippen molar-refractivity contribution in [1.29, 1.82) is 0 Å². The lowest BCUT2D eigenvalue weighted by Gasteiger charge is -2.26. The van der Waals surface area contributed by atoms with E-state index in [0.717, 1.165) is 0 Å². The van der Waals surface area contributed by atoms with Gasteiger partial charge in [0.25, 0.3) is 5.91 Å². The van der Waals surface area contributed by atoms with Gasteiger partial charge in [-0.1, -0.05) is 6.07 Å². The number of nitrogens with zero attached hydrogens (tertiary/aromatic N) is 1. The Balaban J connectivity index is 1.83. The van der Waals surface area contributed by atoms with Crippen LogP contribution in [0.25, 0.3) is 0 Å². The third-order valence-electron chi connectivity index (χ3n) is 4.36. The molecule has 0 saturated carbocycles. The Bertz CT molecular complexity index is 955. The molecule has 1 fully saturated rings. The van der Waals surface area contributed by atoms with Crippen LogP contribution in [-0.4, -0.2) is 59.2 Å². The van der Waals surface area contributed by atoms with Crippen molar-refractivity contribution in [2.75, 3.05) is 45.8 Å². The summed E-state index contributed by atoms with van der Waals surface area (Å²) in [6, 6.07) is 11.0. The summed E-state index contributed by atoms with van der Waals surface area (Å²) in [6.07, 6.45) is 0. The molecule has 9 heteroatoms. The Morgan fingerprint density at radius 3 is 2.50 bits per heavy atom. The molecule has 0 spiro atoms. The minimum absolute atomic E-state index is 0.0729. The molecule has 1 heterocycles. The van der Waals surface area contributed by atoms with Crippen molar-refractivity contribution < 1.29 is 27.4 Å². The average Bonchev–Trinajstić information content (AvgIpc) is 2.74. The Morgan fingerprint density at radius 2 is 1.82 bits per heavy atom. The molecule has 1 saturated heterocycles. The summed E-state index contributed by atoms with van der Waals surface area (Å²) < 4.78 is 42.6. The lowest BCUT2D eigenvalue weighted by atomic mass is 10.2. The highest BCUT2D eigenvalue weighted by Crippen LogP contribution is 2.29.